The van der Waals surface area contributed by atoms with Crippen molar-refractivity contribution in [1.29, 1.82) is 0 Å². The summed E-state index contributed by atoms with van der Waals surface area (Å²) >= 11 is 0. The van der Waals surface area contributed by atoms with Crippen LogP contribution in [0.15, 0.2) is 54.6 Å². The average Bonchev–Trinajstić information content (AvgIpc) is 2.59. The number of nitrogens with zero attached hydrogens (tertiary/aromatic N) is 1. The summed E-state index contributed by atoms with van der Waals surface area (Å²) in [5, 5.41) is 2.52. The van der Waals surface area contributed by atoms with Gasteiger partial charge in [-0.1, -0.05) is 25.1 Å². The Morgan fingerprint density at radius 1 is 1.11 bits per heavy atom. The highest BCUT2D eigenvalue weighted by molar-refractivity contribution is 7.92. The van der Waals surface area contributed by atoms with Gasteiger partial charge in [-0.05, 0) is 42.8 Å². The maximum Gasteiger partial charge on any atom is 0.573 e. The fourth-order valence-corrected chi connectivity index (χ4v) is 3.81. The second-order valence-electron chi connectivity index (χ2n) is 5.88. The zero-order valence-corrected chi connectivity index (χ0v) is 15.9. The molecule has 0 aromatic heterocycles. The first-order chi connectivity index (χ1) is 13.0. The second-order valence-corrected chi connectivity index (χ2v) is 7.74. The number of nitrogens with one attached hydrogen (secondary N) is 1. The van der Waals surface area contributed by atoms with Crippen molar-refractivity contribution in [2.24, 2.45) is 0 Å². The van der Waals surface area contributed by atoms with Crippen molar-refractivity contribution >= 4 is 27.3 Å². The Morgan fingerprint density at radius 2 is 1.68 bits per heavy atom. The highest BCUT2D eigenvalue weighted by Crippen LogP contribution is 2.25. The van der Waals surface area contributed by atoms with Crippen LogP contribution in [0.3, 0.4) is 0 Å². The predicted molar refractivity (Wildman–Crippen MR) is 99.6 cm³/mol. The summed E-state index contributed by atoms with van der Waals surface area (Å²) in [6.07, 6.45) is -3.63. The molecule has 0 saturated heterocycles. The number of sulfonamides is 1. The molecule has 2 rings (SSSR count). The molecule has 28 heavy (non-hydrogen) atoms. The van der Waals surface area contributed by atoms with Crippen LogP contribution >= 0.6 is 0 Å². The van der Waals surface area contributed by atoms with E-state index < -0.39 is 34.1 Å². The molecule has 0 aliphatic heterocycles. The number of amides is 1. The van der Waals surface area contributed by atoms with Crippen molar-refractivity contribution in [3.63, 3.8) is 0 Å². The number of benzene rings is 2. The Hall–Kier alpha value is -2.75. The van der Waals surface area contributed by atoms with Crippen LogP contribution in [0.5, 0.6) is 5.75 Å². The Balaban J connectivity index is 2.22. The van der Waals surface area contributed by atoms with Crippen LogP contribution in [0.1, 0.15) is 13.3 Å². The molecule has 0 spiro atoms. The number of carbonyl (C=O) groups is 1. The lowest BCUT2D eigenvalue weighted by molar-refractivity contribution is -0.274. The fraction of sp³-hybridized carbons (Fsp3) is 0.278. The molecule has 0 saturated carbocycles. The number of ether oxygens (including phenoxy) is 1. The van der Waals surface area contributed by atoms with Crippen molar-refractivity contribution in [2.45, 2.75) is 25.7 Å². The summed E-state index contributed by atoms with van der Waals surface area (Å²) < 4.78 is 66.0. The molecule has 0 heterocycles. The van der Waals surface area contributed by atoms with Crippen molar-refractivity contribution in [1.82, 2.24) is 0 Å². The topological polar surface area (TPSA) is 75.7 Å². The third-order valence-electron chi connectivity index (χ3n) is 3.70. The number of hydrogen-bond donors (Lipinski definition) is 1. The van der Waals surface area contributed by atoms with Gasteiger partial charge in [0, 0.05) is 5.69 Å². The smallest absolute Gasteiger partial charge is 0.406 e. The Morgan fingerprint density at radius 3 is 2.14 bits per heavy atom. The Labute approximate surface area is 161 Å². The van der Waals surface area contributed by atoms with E-state index in [-0.39, 0.29) is 12.1 Å². The molecule has 1 atom stereocenters. The number of carbonyl (C=O) groups excluding carboxylic acids is 1. The first-order valence-corrected chi connectivity index (χ1v) is 10.1. The molecule has 2 aromatic carbocycles. The van der Waals surface area contributed by atoms with E-state index in [1.54, 1.807) is 37.3 Å². The number of para-hydroxylation sites is 1. The standard InChI is InChI=1S/C18H19F3N2O4S/c1-3-16(23(28(2,25)26)14-7-5-4-6-8-14)17(24)22-13-9-11-15(12-10-13)27-18(19,20)21/h4-12,16H,3H2,1-2H3,(H,22,24). The molecular weight excluding hydrogens is 397 g/mol. The Bertz CT molecular complexity index is 901. The van der Waals surface area contributed by atoms with Crippen LogP contribution < -0.4 is 14.4 Å². The largest absolute Gasteiger partial charge is 0.573 e. The number of rotatable bonds is 7. The van der Waals surface area contributed by atoms with Gasteiger partial charge in [0.05, 0.1) is 11.9 Å². The fourth-order valence-electron chi connectivity index (χ4n) is 2.60. The van der Waals surface area contributed by atoms with Gasteiger partial charge in [-0.25, -0.2) is 8.42 Å². The van der Waals surface area contributed by atoms with Gasteiger partial charge in [0.15, 0.2) is 0 Å². The first kappa shape index (κ1) is 21.5. The number of anilines is 2. The molecular formula is C18H19F3N2O4S. The summed E-state index contributed by atoms with van der Waals surface area (Å²) in [5.41, 5.74) is 0.542. The molecule has 0 radical (unpaired) electrons. The third kappa shape index (κ3) is 5.88. The lowest BCUT2D eigenvalue weighted by Gasteiger charge is -2.30. The monoisotopic (exact) mass is 416 g/mol. The molecule has 1 N–H and O–H groups in total. The number of halogens is 3. The van der Waals surface area contributed by atoms with E-state index in [9.17, 15) is 26.4 Å². The SMILES string of the molecule is CCC(C(=O)Nc1ccc(OC(F)(F)F)cc1)N(c1ccccc1)S(C)(=O)=O. The van der Waals surface area contributed by atoms with E-state index in [2.05, 4.69) is 10.1 Å². The maximum absolute atomic E-state index is 12.7. The maximum atomic E-state index is 12.7. The van der Waals surface area contributed by atoms with Crippen LogP contribution in [-0.4, -0.2) is 33.0 Å². The molecule has 0 aliphatic rings. The van der Waals surface area contributed by atoms with E-state index in [4.69, 9.17) is 0 Å². The number of hydrogen-bond acceptors (Lipinski definition) is 4. The Kier molecular flexibility index (Phi) is 6.55. The van der Waals surface area contributed by atoms with E-state index >= 15 is 0 Å². The molecule has 152 valence electrons. The average molecular weight is 416 g/mol. The van der Waals surface area contributed by atoms with Gasteiger partial charge < -0.3 is 10.1 Å². The molecule has 1 amide bonds. The molecule has 10 heteroatoms. The second kappa shape index (κ2) is 8.51. The minimum absolute atomic E-state index is 0.184. The van der Waals surface area contributed by atoms with E-state index in [1.165, 1.54) is 12.1 Å². The lowest BCUT2D eigenvalue weighted by atomic mass is 10.2. The van der Waals surface area contributed by atoms with Crippen molar-refractivity contribution in [2.75, 3.05) is 15.9 Å². The van der Waals surface area contributed by atoms with Crippen molar-refractivity contribution in [3.8, 4) is 5.75 Å². The van der Waals surface area contributed by atoms with Gasteiger partial charge in [-0.2, -0.15) is 0 Å². The van der Waals surface area contributed by atoms with Crippen LogP contribution in [0, 0.1) is 0 Å². The molecule has 2 aromatic rings. The van der Waals surface area contributed by atoms with Crippen molar-refractivity contribution < 1.29 is 31.1 Å². The normalized spacial score (nSPS) is 12.9. The van der Waals surface area contributed by atoms with Gasteiger partial charge >= 0.3 is 6.36 Å². The lowest BCUT2D eigenvalue weighted by Crippen LogP contribution is -2.46. The summed E-state index contributed by atoms with van der Waals surface area (Å²) in [7, 11) is -3.77. The highest BCUT2D eigenvalue weighted by Gasteiger charge is 2.32. The summed E-state index contributed by atoms with van der Waals surface area (Å²) in [6.45, 7) is 1.66. The van der Waals surface area contributed by atoms with Gasteiger partial charge in [0.25, 0.3) is 0 Å². The van der Waals surface area contributed by atoms with E-state index in [1.807, 2.05) is 0 Å². The summed E-state index contributed by atoms with van der Waals surface area (Å²) in [4.78, 5) is 12.7. The zero-order valence-electron chi connectivity index (χ0n) is 15.1. The summed E-state index contributed by atoms with van der Waals surface area (Å²) in [6, 6.07) is 11.7. The van der Waals surface area contributed by atoms with Crippen molar-refractivity contribution in [3.05, 3.63) is 54.6 Å². The first-order valence-electron chi connectivity index (χ1n) is 8.22. The predicted octanol–water partition coefficient (Wildman–Crippen LogP) is 3.77. The van der Waals surface area contributed by atoms with Gasteiger partial charge in [0.2, 0.25) is 15.9 Å². The van der Waals surface area contributed by atoms with E-state index in [0.717, 1.165) is 22.7 Å². The van der Waals surface area contributed by atoms with Gasteiger partial charge in [0.1, 0.15) is 11.8 Å². The van der Waals surface area contributed by atoms with Gasteiger partial charge in [-0.3, -0.25) is 9.10 Å². The zero-order chi connectivity index (χ0) is 20.9. The quantitative estimate of drug-likeness (QED) is 0.746. The van der Waals surface area contributed by atoms with E-state index in [0.29, 0.717) is 5.69 Å². The number of alkyl halides is 3. The van der Waals surface area contributed by atoms with Crippen LogP contribution in [-0.2, 0) is 14.8 Å². The molecule has 0 aliphatic carbocycles. The molecule has 6 nitrogen and oxygen atoms in total. The molecule has 0 fully saturated rings. The summed E-state index contributed by atoms with van der Waals surface area (Å²) in [5.74, 6) is -1.04. The van der Waals surface area contributed by atoms with Crippen LogP contribution in [0.4, 0.5) is 24.5 Å². The van der Waals surface area contributed by atoms with Crippen LogP contribution in [0.2, 0.25) is 0 Å². The van der Waals surface area contributed by atoms with Gasteiger partial charge in [-0.15, -0.1) is 13.2 Å². The molecule has 1 unspecified atom stereocenters. The van der Waals surface area contributed by atoms with Crippen LogP contribution in [0.25, 0.3) is 0 Å². The minimum Gasteiger partial charge on any atom is -0.406 e. The third-order valence-corrected chi connectivity index (χ3v) is 4.88. The highest BCUT2D eigenvalue weighted by atomic mass is 32.2. The minimum atomic E-state index is -4.82. The molecule has 0 bridgehead atoms.